The fourth-order valence-electron chi connectivity index (χ4n) is 4.37. The smallest absolute Gasteiger partial charge is 0.0462 e. The van der Waals surface area contributed by atoms with E-state index in [-0.39, 0.29) is 0 Å². The molecule has 0 aliphatic carbocycles. The van der Waals surface area contributed by atoms with Crippen LogP contribution in [0.15, 0.2) is 163 Å². The highest BCUT2D eigenvalue weighted by Crippen LogP contribution is 2.37. The van der Waals surface area contributed by atoms with Crippen LogP contribution in [-0.2, 0) is 0 Å². The number of anilines is 3. The molecule has 0 atom stereocenters. The number of benzene rings is 5. The number of rotatable bonds is 8. The summed E-state index contributed by atoms with van der Waals surface area (Å²) in [5, 5.41) is 0. The average Bonchev–Trinajstić information content (AvgIpc) is 2.98. The molecule has 0 amide bonds. The van der Waals surface area contributed by atoms with Crippen LogP contribution in [0.25, 0.3) is 28.3 Å². The molecule has 5 rings (SSSR count). The van der Waals surface area contributed by atoms with Crippen molar-refractivity contribution >= 4 is 39.1 Å². The molecule has 1 nitrogen and oxygen atoms in total. The van der Waals surface area contributed by atoms with Crippen molar-refractivity contribution < 1.29 is 0 Å². The van der Waals surface area contributed by atoms with Gasteiger partial charge in [-0.05, 0) is 76.3 Å². The van der Waals surface area contributed by atoms with Crippen molar-refractivity contribution in [1.29, 1.82) is 0 Å². The Kier molecular flexibility index (Phi) is 8.13. The van der Waals surface area contributed by atoms with Crippen LogP contribution in [0.3, 0.4) is 0 Å². The minimum absolute atomic E-state index is 1.08. The van der Waals surface area contributed by atoms with Crippen molar-refractivity contribution in [2.24, 2.45) is 0 Å². The first-order chi connectivity index (χ1) is 18.7. The van der Waals surface area contributed by atoms with Gasteiger partial charge in [0.25, 0.3) is 0 Å². The van der Waals surface area contributed by atoms with Gasteiger partial charge < -0.3 is 4.90 Å². The summed E-state index contributed by atoms with van der Waals surface area (Å²) < 4.78 is 1.08. The molecular formula is C36H28BrN. The van der Waals surface area contributed by atoms with Gasteiger partial charge in [0.15, 0.2) is 0 Å². The number of hydrogen-bond donors (Lipinski definition) is 0. The first-order valence-corrected chi connectivity index (χ1v) is 13.4. The monoisotopic (exact) mass is 553 g/mol. The highest BCUT2D eigenvalue weighted by molar-refractivity contribution is 9.10. The summed E-state index contributed by atoms with van der Waals surface area (Å²) in [4.78, 5) is 2.30. The fourth-order valence-corrected chi connectivity index (χ4v) is 4.63. The van der Waals surface area contributed by atoms with E-state index in [2.05, 4.69) is 155 Å². The molecule has 0 aliphatic rings. The van der Waals surface area contributed by atoms with Gasteiger partial charge in [0.05, 0.1) is 0 Å². The zero-order valence-corrected chi connectivity index (χ0v) is 22.6. The van der Waals surface area contributed by atoms with Crippen LogP contribution >= 0.6 is 15.9 Å². The van der Waals surface area contributed by atoms with E-state index >= 15 is 0 Å². The summed E-state index contributed by atoms with van der Waals surface area (Å²) >= 11 is 3.53. The maximum atomic E-state index is 3.71. The Morgan fingerprint density at radius 1 is 0.474 bits per heavy atom. The molecule has 0 bridgehead atoms. The van der Waals surface area contributed by atoms with Gasteiger partial charge in [0, 0.05) is 21.5 Å². The van der Waals surface area contributed by atoms with E-state index < -0.39 is 0 Å². The highest BCUT2D eigenvalue weighted by Gasteiger charge is 2.13. The molecule has 184 valence electrons. The standard InChI is InChI=1S/C36H28BrN/c1-2-3-4-6-9-28-12-22-34(23-13-28)38(35-24-16-31(17-25-35)29-10-7-5-8-11-29)36-26-18-32(19-27-36)30-14-20-33(37)21-15-30/h2-27H,1H2/b4-3-,9-6+. The lowest BCUT2D eigenvalue weighted by atomic mass is 10.0. The van der Waals surface area contributed by atoms with Gasteiger partial charge in [0.2, 0.25) is 0 Å². The summed E-state index contributed by atoms with van der Waals surface area (Å²) in [7, 11) is 0. The molecule has 5 aromatic carbocycles. The summed E-state index contributed by atoms with van der Waals surface area (Å²) in [6.45, 7) is 3.71. The van der Waals surface area contributed by atoms with E-state index in [1.807, 2.05) is 24.3 Å². The lowest BCUT2D eigenvalue weighted by molar-refractivity contribution is 1.28. The molecule has 0 aromatic heterocycles. The summed E-state index contributed by atoms with van der Waals surface area (Å²) in [6.07, 6.45) is 9.79. The van der Waals surface area contributed by atoms with Gasteiger partial charge in [0.1, 0.15) is 0 Å². The molecule has 0 radical (unpaired) electrons. The third-order valence-corrected chi connectivity index (χ3v) is 6.86. The van der Waals surface area contributed by atoms with Gasteiger partial charge in [-0.3, -0.25) is 0 Å². The van der Waals surface area contributed by atoms with Crippen LogP contribution in [0.4, 0.5) is 17.1 Å². The van der Waals surface area contributed by atoms with E-state index in [1.54, 1.807) is 6.08 Å². The molecule has 0 saturated carbocycles. The molecule has 0 fully saturated rings. The predicted molar refractivity (Wildman–Crippen MR) is 168 cm³/mol. The van der Waals surface area contributed by atoms with Crippen LogP contribution in [0.5, 0.6) is 0 Å². The van der Waals surface area contributed by atoms with Crippen molar-refractivity contribution in [2.45, 2.75) is 0 Å². The predicted octanol–water partition coefficient (Wildman–Crippen LogP) is 11.0. The van der Waals surface area contributed by atoms with Crippen LogP contribution in [0, 0.1) is 0 Å². The zero-order chi connectivity index (χ0) is 26.2. The Bertz CT molecular complexity index is 1530. The number of halogens is 1. The van der Waals surface area contributed by atoms with E-state index in [4.69, 9.17) is 0 Å². The third-order valence-electron chi connectivity index (χ3n) is 6.33. The number of hydrogen-bond acceptors (Lipinski definition) is 1. The first-order valence-electron chi connectivity index (χ1n) is 12.6. The van der Waals surface area contributed by atoms with Crippen LogP contribution < -0.4 is 4.90 Å². The Morgan fingerprint density at radius 2 is 0.921 bits per heavy atom. The van der Waals surface area contributed by atoms with Crippen molar-refractivity contribution in [2.75, 3.05) is 4.90 Å². The topological polar surface area (TPSA) is 3.24 Å². The van der Waals surface area contributed by atoms with Crippen molar-refractivity contribution in [3.63, 3.8) is 0 Å². The van der Waals surface area contributed by atoms with E-state index in [1.165, 1.54) is 22.3 Å². The molecule has 0 unspecified atom stereocenters. The van der Waals surface area contributed by atoms with E-state index in [0.29, 0.717) is 0 Å². The van der Waals surface area contributed by atoms with Gasteiger partial charge >= 0.3 is 0 Å². The third kappa shape index (κ3) is 6.11. The van der Waals surface area contributed by atoms with E-state index in [0.717, 1.165) is 27.1 Å². The second kappa shape index (κ2) is 12.2. The quantitative estimate of drug-likeness (QED) is 0.173. The Hall–Kier alpha value is -4.40. The number of allylic oxidation sites excluding steroid dienone is 4. The molecular weight excluding hydrogens is 526 g/mol. The maximum Gasteiger partial charge on any atom is 0.0462 e. The van der Waals surface area contributed by atoms with Gasteiger partial charge in [-0.1, -0.05) is 132 Å². The maximum absolute atomic E-state index is 3.71. The van der Waals surface area contributed by atoms with Gasteiger partial charge in [-0.2, -0.15) is 0 Å². The Labute approximate surface area is 233 Å². The molecule has 0 heterocycles. The first kappa shape index (κ1) is 25.3. The Morgan fingerprint density at radius 3 is 1.42 bits per heavy atom. The summed E-state index contributed by atoms with van der Waals surface area (Å²) in [5.74, 6) is 0. The molecule has 0 N–H and O–H groups in total. The Balaban J connectivity index is 1.50. The second-order valence-electron chi connectivity index (χ2n) is 8.87. The SMILES string of the molecule is C=C/C=C\C=C\c1ccc(N(c2ccc(-c3ccccc3)cc2)c2ccc(-c3ccc(Br)cc3)cc2)cc1. The molecule has 0 aliphatic heterocycles. The largest absolute Gasteiger partial charge is 0.311 e. The van der Waals surface area contributed by atoms with Crippen molar-refractivity contribution in [1.82, 2.24) is 0 Å². The second-order valence-corrected chi connectivity index (χ2v) is 9.79. The highest BCUT2D eigenvalue weighted by atomic mass is 79.9. The van der Waals surface area contributed by atoms with Crippen molar-refractivity contribution in [3.05, 3.63) is 168 Å². The van der Waals surface area contributed by atoms with Gasteiger partial charge in [-0.25, -0.2) is 0 Å². The summed E-state index contributed by atoms with van der Waals surface area (Å²) in [6, 6.07) is 45.1. The van der Waals surface area contributed by atoms with Crippen LogP contribution in [0.1, 0.15) is 5.56 Å². The summed E-state index contributed by atoms with van der Waals surface area (Å²) in [5.41, 5.74) is 9.27. The molecule has 0 saturated heterocycles. The minimum Gasteiger partial charge on any atom is -0.311 e. The zero-order valence-electron chi connectivity index (χ0n) is 21.0. The molecule has 38 heavy (non-hydrogen) atoms. The van der Waals surface area contributed by atoms with Crippen LogP contribution in [0.2, 0.25) is 0 Å². The molecule has 5 aromatic rings. The van der Waals surface area contributed by atoms with Gasteiger partial charge in [-0.15, -0.1) is 0 Å². The van der Waals surface area contributed by atoms with Crippen LogP contribution in [-0.4, -0.2) is 0 Å². The van der Waals surface area contributed by atoms with Crippen molar-refractivity contribution in [3.8, 4) is 22.3 Å². The van der Waals surface area contributed by atoms with E-state index in [9.17, 15) is 0 Å². The fraction of sp³-hybridized carbons (Fsp3) is 0. The minimum atomic E-state index is 1.08. The lowest BCUT2D eigenvalue weighted by Crippen LogP contribution is -2.09. The molecule has 2 heteroatoms. The molecule has 0 spiro atoms. The normalized spacial score (nSPS) is 11.2. The lowest BCUT2D eigenvalue weighted by Gasteiger charge is -2.26. The average molecular weight is 555 g/mol. The number of nitrogens with zero attached hydrogens (tertiary/aromatic N) is 1.